The van der Waals surface area contributed by atoms with E-state index in [1.807, 2.05) is 0 Å². The lowest BCUT2D eigenvalue weighted by atomic mass is 9.75. The Hall–Kier alpha value is -0.120. The molecular weight excluding hydrogens is 222 g/mol. The molecule has 0 amide bonds. The summed E-state index contributed by atoms with van der Waals surface area (Å²) in [5.41, 5.74) is 7.07. The smallest absolute Gasteiger partial charge is 0.0330 e. The van der Waals surface area contributed by atoms with Crippen LogP contribution in [0.25, 0.3) is 0 Å². The Labute approximate surface area is 113 Å². The Morgan fingerprint density at radius 2 is 1.72 bits per heavy atom. The molecule has 18 heavy (non-hydrogen) atoms. The van der Waals surface area contributed by atoms with Crippen molar-refractivity contribution < 1.29 is 0 Å². The molecule has 2 aliphatic carbocycles. The van der Waals surface area contributed by atoms with Gasteiger partial charge < -0.3 is 15.5 Å². The molecule has 0 aromatic heterocycles. The van der Waals surface area contributed by atoms with Gasteiger partial charge in [-0.15, -0.1) is 0 Å². The fraction of sp³-hybridized carbons (Fsp3) is 1.00. The maximum Gasteiger partial charge on any atom is 0.0330 e. The van der Waals surface area contributed by atoms with Gasteiger partial charge >= 0.3 is 0 Å². The quantitative estimate of drug-likeness (QED) is 0.812. The molecular formula is C15H31N3. The summed E-state index contributed by atoms with van der Waals surface area (Å²) in [7, 11) is 6.74. The first kappa shape index (κ1) is 14.3. The minimum absolute atomic E-state index is 0.339. The molecule has 0 spiro atoms. The van der Waals surface area contributed by atoms with Crippen molar-refractivity contribution in [3.05, 3.63) is 0 Å². The largest absolute Gasteiger partial charge is 0.327 e. The van der Waals surface area contributed by atoms with Gasteiger partial charge in [-0.05, 0) is 58.7 Å². The lowest BCUT2D eigenvalue weighted by molar-refractivity contribution is 0.0164. The second kappa shape index (κ2) is 5.10. The topological polar surface area (TPSA) is 32.5 Å². The van der Waals surface area contributed by atoms with Crippen molar-refractivity contribution in [2.24, 2.45) is 11.1 Å². The molecule has 0 aliphatic heterocycles. The third-order valence-corrected chi connectivity index (χ3v) is 5.59. The molecule has 0 heterocycles. The Bertz CT molecular complexity index is 281. The van der Waals surface area contributed by atoms with Gasteiger partial charge in [0.05, 0.1) is 0 Å². The number of hydrogen-bond acceptors (Lipinski definition) is 3. The second-order valence-corrected chi connectivity index (χ2v) is 7.30. The van der Waals surface area contributed by atoms with Crippen LogP contribution in [0, 0.1) is 5.41 Å². The number of rotatable bonds is 5. The van der Waals surface area contributed by atoms with Crippen LogP contribution in [0.2, 0.25) is 0 Å². The van der Waals surface area contributed by atoms with Crippen LogP contribution in [-0.4, -0.2) is 55.6 Å². The van der Waals surface area contributed by atoms with Crippen molar-refractivity contribution in [1.82, 2.24) is 9.80 Å². The molecule has 3 nitrogen and oxygen atoms in total. The molecule has 0 aromatic rings. The summed E-state index contributed by atoms with van der Waals surface area (Å²) in [5, 5.41) is 0. The molecule has 2 unspecified atom stereocenters. The standard InChI is InChI=1S/C15H31N3/c1-14(8-5-7-13(14)16)11-18(4)12-15(17(2)3)9-6-10-15/h13H,5-12,16H2,1-4H3. The number of hydrogen-bond donors (Lipinski definition) is 1. The van der Waals surface area contributed by atoms with Crippen LogP contribution in [0.15, 0.2) is 0 Å². The van der Waals surface area contributed by atoms with Crippen molar-refractivity contribution in [2.75, 3.05) is 34.2 Å². The molecule has 3 heteroatoms. The SMILES string of the molecule is CN(CC1(C)CCCC1N)CC1(N(C)C)CCC1. The van der Waals surface area contributed by atoms with E-state index in [1.165, 1.54) is 45.1 Å². The van der Waals surface area contributed by atoms with Gasteiger partial charge in [0, 0.05) is 24.7 Å². The zero-order valence-corrected chi connectivity index (χ0v) is 12.7. The highest BCUT2D eigenvalue weighted by Crippen LogP contribution is 2.40. The van der Waals surface area contributed by atoms with Crippen molar-refractivity contribution in [2.45, 2.75) is 57.0 Å². The van der Waals surface area contributed by atoms with Crippen molar-refractivity contribution in [3.63, 3.8) is 0 Å². The summed E-state index contributed by atoms with van der Waals surface area (Å²) in [6, 6.07) is 0.400. The molecule has 106 valence electrons. The second-order valence-electron chi connectivity index (χ2n) is 7.30. The average molecular weight is 253 g/mol. The third-order valence-electron chi connectivity index (χ3n) is 5.59. The molecule has 2 saturated carbocycles. The molecule has 2 fully saturated rings. The number of nitrogens with two attached hydrogens (primary N) is 1. The van der Waals surface area contributed by atoms with E-state index < -0.39 is 0 Å². The fourth-order valence-corrected chi connectivity index (χ4v) is 3.96. The van der Waals surface area contributed by atoms with Gasteiger partial charge in [-0.1, -0.05) is 13.3 Å². The van der Waals surface area contributed by atoms with Crippen molar-refractivity contribution >= 4 is 0 Å². The van der Waals surface area contributed by atoms with Crippen LogP contribution in [0.1, 0.15) is 45.4 Å². The zero-order valence-electron chi connectivity index (χ0n) is 12.7. The fourth-order valence-electron chi connectivity index (χ4n) is 3.96. The molecule has 0 bridgehead atoms. The summed E-state index contributed by atoms with van der Waals surface area (Å²) < 4.78 is 0. The average Bonchev–Trinajstić information content (AvgIpc) is 2.52. The van der Waals surface area contributed by atoms with Crippen molar-refractivity contribution in [1.29, 1.82) is 0 Å². The Morgan fingerprint density at radius 3 is 2.11 bits per heavy atom. The van der Waals surface area contributed by atoms with Gasteiger partial charge in [-0.25, -0.2) is 0 Å². The summed E-state index contributed by atoms with van der Waals surface area (Å²) in [4.78, 5) is 4.97. The maximum atomic E-state index is 6.29. The van der Waals surface area contributed by atoms with Crippen LogP contribution in [0.5, 0.6) is 0 Å². The van der Waals surface area contributed by atoms with Crippen LogP contribution >= 0.6 is 0 Å². The highest BCUT2D eigenvalue weighted by atomic mass is 15.2. The Balaban J connectivity index is 1.90. The van der Waals surface area contributed by atoms with E-state index in [2.05, 4.69) is 37.9 Å². The molecule has 2 aliphatic rings. The first-order chi connectivity index (χ1) is 8.38. The monoisotopic (exact) mass is 253 g/mol. The van der Waals surface area contributed by atoms with Gasteiger partial charge in [0.2, 0.25) is 0 Å². The van der Waals surface area contributed by atoms with Crippen LogP contribution in [-0.2, 0) is 0 Å². The van der Waals surface area contributed by atoms with Gasteiger partial charge in [0.1, 0.15) is 0 Å². The van der Waals surface area contributed by atoms with Crippen LogP contribution < -0.4 is 5.73 Å². The zero-order chi connectivity index (χ0) is 13.4. The highest BCUT2D eigenvalue weighted by Gasteiger charge is 2.42. The van der Waals surface area contributed by atoms with E-state index >= 15 is 0 Å². The predicted octanol–water partition coefficient (Wildman–Crippen LogP) is 1.92. The van der Waals surface area contributed by atoms with Crippen molar-refractivity contribution in [3.8, 4) is 0 Å². The van der Waals surface area contributed by atoms with E-state index in [0.717, 1.165) is 6.54 Å². The number of likely N-dealkylation sites (N-methyl/N-ethyl adjacent to an activating group) is 2. The third kappa shape index (κ3) is 2.59. The van der Waals surface area contributed by atoms with Crippen LogP contribution in [0.4, 0.5) is 0 Å². The van der Waals surface area contributed by atoms with Crippen LogP contribution in [0.3, 0.4) is 0 Å². The predicted molar refractivity (Wildman–Crippen MR) is 77.7 cm³/mol. The molecule has 2 atom stereocenters. The lowest BCUT2D eigenvalue weighted by Crippen LogP contribution is -2.58. The summed E-state index contributed by atoms with van der Waals surface area (Å²) in [6.45, 7) is 4.73. The molecule has 0 aromatic carbocycles. The normalized spacial score (nSPS) is 35.2. The summed E-state index contributed by atoms with van der Waals surface area (Å²) >= 11 is 0. The molecule has 0 radical (unpaired) electrons. The van der Waals surface area contributed by atoms with E-state index in [-0.39, 0.29) is 0 Å². The summed E-state index contributed by atoms with van der Waals surface area (Å²) in [5.74, 6) is 0. The lowest BCUT2D eigenvalue weighted by Gasteiger charge is -2.50. The van der Waals surface area contributed by atoms with E-state index in [4.69, 9.17) is 5.73 Å². The Morgan fingerprint density at radius 1 is 1.06 bits per heavy atom. The first-order valence-corrected chi connectivity index (χ1v) is 7.50. The van der Waals surface area contributed by atoms with E-state index in [0.29, 0.717) is 17.0 Å². The molecule has 0 saturated heterocycles. The minimum Gasteiger partial charge on any atom is -0.327 e. The molecule has 2 N–H and O–H groups in total. The highest BCUT2D eigenvalue weighted by molar-refractivity contribution is 5.00. The minimum atomic E-state index is 0.339. The number of nitrogens with zero attached hydrogens (tertiary/aromatic N) is 2. The van der Waals surface area contributed by atoms with Gasteiger partial charge in [-0.2, -0.15) is 0 Å². The van der Waals surface area contributed by atoms with Gasteiger partial charge in [0.15, 0.2) is 0 Å². The Kier molecular flexibility index (Phi) is 4.05. The molecule has 2 rings (SSSR count). The first-order valence-electron chi connectivity index (χ1n) is 7.50. The van der Waals surface area contributed by atoms with E-state index in [9.17, 15) is 0 Å². The maximum absolute atomic E-state index is 6.29. The summed E-state index contributed by atoms with van der Waals surface area (Å²) in [6.07, 6.45) is 7.92. The van der Waals surface area contributed by atoms with Gasteiger partial charge in [0.25, 0.3) is 0 Å². The van der Waals surface area contributed by atoms with Gasteiger partial charge in [-0.3, -0.25) is 0 Å². The van der Waals surface area contributed by atoms with E-state index in [1.54, 1.807) is 0 Å².